The molecule has 0 radical (unpaired) electrons. The van der Waals surface area contributed by atoms with Crippen molar-refractivity contribution in [2.75, 3.05) is 0 Å². The first-order valence-corrected chi connectivity index (χ1v) is 3.46. The van der Waals surface area contributed by atoms with Crippen LogP contribution < -0.4 is 0 Å². The molecule has 2 atom stereocenters. The summed E-state index contributed by atoms with van der Waals surface area (Å²) in [5.74, 6) is 0.415. The van der Waals surface area contributed by atoms with E-state index >= 15 is 0 Å². The lowest BCUT2D eigenvalue weighted by Gasteiger charge is -2.00. The standard InChI is InChI=1S/C7H12O2/c1-3-4-5(2)6-7(8)9-6/h5-6H,3-4H2,1-2H3. The van der Waals surface area contributed by atoms with Gasteiger partial charge in [-0.25, -0.2) is 4.79 Å². The van der Waals surface area contributed by atoms with Crippen LogP contribution in [0.2, 0.25) is 0 Å². The van der Waals surface area contributed by atoms with Crippen molar-refractivity contribution in [3.05, 3.63) is 0 Å². The van der Waals surface area contributed by atoms with E-state index in [1.807, 2.05) is 0 Å². The molecule has 1 aliphatic heterocycles. The highest BCUT2D eigenvalue weighted by Crippen LogP contribution is 2.24. The van der Waals surface area contributed by atoms with Gasteiger partial charge in [0.05, 0.1) is 0 Å². The zero-order valence-electron chi connectivity index (χ0n) is 5.89. The molecule has 0 saturated carbocycles. The predicted molar refractivity (Wildman–Crippen MR) is 34.0 cm³/mol. The van der Waals surface area contributed by atoms with Crippen LogP contribution in [-0.4, -0.2) is 12.1 Å². The molecule has 1 heterocycles. The van der Waals surface area contributed by atoms with Gasteiger partial charge in [-0.15, -0.1) is 0 Å². The summed E-state index contributed by atoms with van der Waals surface area (Å²) < 4.78 is 4.69. The molecule has 0 spiro atoms. The average Bonchev–Trinajstić information content (AvgIpc) is 2.47. The first-order valence-electron chi connectivity index (χ1n) is 3.46. The maximum Gasteiger partial charge on any atom is 0.348 e. The number of epoxide rings is 1. The molecular weight excluding hydrogens is 116 g/mol. The molecule has 9 heavy (non-hydrogen) atoms. The summed E-state index contributed by atoms with van der Waals surface area (Å²) in [6.07, 6.45) is 2.18. The smallest absolute Gasteiger partial charge is 0.348 e. The molecule has 0 bridgehead atoms. The van der Waals surface area contributed by atoms with Crippen molar-refractivity contribution in [1.82, 2.24) is 0 Å². The van der Waals surface area contributed by atoms with E-state index in [9.17, 15) is 4.79 Å². The second-order valence-electron chi connectivity index (χ2n) is 2.62. The van der Waals surface area contributed by atoms with E-state index in [4.69, 9.17) is 4.74 Å². The Morgan fingerprint density at radius 3 is 2.67 bits per heavy atom. The van der Waals surface area contributed by atoms with Crippen LogP contribution in [0.1, 0.15) is 26.7 Å². The third kappa shape index (κ3) is 1.44. The van der Waals surface area contributed by atoms with Gasteiger partial charge in [0.25, 0.3) is 0 Å². The number of hydrogen-bond acceptors (Lipinski definition) is 2. The van der Waals surface area contributed by atoms with Crippen LogP contribution in [0.5, 0.6) is 0 Å². The third-order valence-electron chi connectivity index (χ3n) is 1.68. The van der Waals surface area contributed by atoms with Gasteiger partial charge in [0.1, 0.15) is 0 Å². The Hall–Kier alpha value is -0.530. The summed E-state index contributed by atoms with van der Waals surface area (Å²) >= 11 is 0. The molecule has 1 aliphatic rings. The normalized spacial score (nSPS) is 27.3. The lowest BCUT2D eigenvalue weighted by Crippen LogP contribution is -2.03. The number of rotatable bonds is 3. The van der Waals surface area contributed by atoms with Gasteiger partial charge in [0, 0.05) is 5.92 Å². The summed E-state index contributed by atoms with van der Waals surface area (Å²) in [6.45, 7) is 4.17. The predicted octanol–water partition coefficient (Wildman–Crippen LogP) is 1.35. The molecule has 2 heteroatoms. The maximum absolute atomic E-state index is 10.4. The van der Waals surface area contributed by atoms with Gasteiger partial charge in [-0.2, -0.15) is 0 Å². The molecular formula is C7H12O2. The second-order valence-corrected chi connectivity index (χ2v) is 2.62. The molecule has 2 unspecified atom stereocenters. The monoisotopic (exact) mass is 128 g/mol. The van der Waals surface area contributed by atoms with E-state index in [0.717, 1.165) is 12.8 Å². The van der Waals surface area contributed by atoms with E-state index in [0.29, 0.717) is 5.92 Å². The molecule has 1 fully saturated rings. The van der Waals surface area contributed by atoms with Crippen LogP contribution in [0.3, 0.4) is 0 Å². The Balaban J connectivity index is 2.19. The Morgan fingerprint density at radius 1 is 1.78 bits per heavy atom. The van der Waals surface area contributed by atoms with Crippen LogP contribution in [-0.2, 0) is 9.53 Å². The topological polar surface area (TPSA) is 29.6 Å². The Labute approximate surface area is 55.2 Å². The van der Waals surface area contributed by atoms with E-state index in [2.05, 4.69) is 13.8 Å². The second kappa shape index (κ2) is 2.38. The SMILES string of the molecule is CCCC(C)C1OC1=O. The minimum atomic E-state index is -0.0510. The van der Waals surface area contributed by atoms with Crippen LogP contribution in [0.25, 0.3) is 0 Å². The fourth-order valence-electron chi connectivity index (χ4n) is 1.05. The molecule has 0 amide bonds. The molecule has 0 aromatic rings. The lowest BCUT2D eigenvalue weighted by molar-refractivity contribution is -0.117. The van der Waals surface area contributed by atoms with Crippen molar-refractivity contribution >= 4 is 5.97 Å². The highest BCUT2D eigenvalue weighted by molar-refractivity contribution is 5.87. The zero-order chi connectivity index (χ0) is 6.85. The quantitative estimate of drug-likeness (QED) is 0.537. The van der Waals surface area contributed by atoms with Crippen LogP contribution in [0, 0.1) is 5.92 Å². The highest BCUT2D eigenvalue weighted by atomic mass is 16.6. The molecule has 0 aromatic heterocycles. The molecule has 52 valence electrons. The fraction of sp³-hybridized carbons (Fsp3) is 0.857. The minimum absolute atomic E-state index is 0.0176. The van der Waals surface area contributed by atoms with Crippen LogP contribution >= 0.6 is 0 Å². The van der Waals surface area contributed by atoms with Gasteiger partial charge in [-0.05, 0) is 6.42 Å². The van der Waals surface area contributed by atoms with E-state index < -0.39 is 0 Å². The molecule has 0 aromatic carbocycles. The van der Waals surface area contributed by atoms with Gasteiger partial charge in [0.15, 0.2) is 0 Å². The molecule has 1 saturated heterocycles. The summed E-state index contributed by atoms with van der Waals surface area (Å²) in [7, 11) is 0. The summed E-state index contributed by atoms with van der Waals surface area (Å²) in [4.78, 5) is 10.4. The van der Waals surface area contributed by atoms with Gasteiger partial charge in [-0.3, -0.25) is 0 Å². The molecule has 0 aliphatic carbocycles. The first kappa shape index (κ1) is 6.59. The van der Waals surface area contributed by atoms with Gasteiger partial charge in [-0.1, -0.05) is 20.3 Å². The van der Waals surface area contributed by atoms with E-state index in [1.54, 1.807) is 0 Å². The Kier molecular flexibility index (Phi) is 1.74. The highest BCUT2D eigenvalue weighted by Gasteiger charge is 2.42. The molecule has 1 rings (SSSR count). The van der Waals surface area contributed by atoms with Crippen LogP contribution in [0.4, 0.5) is 0 Å². The van der Waals surface area contributed by atoms with Crippen molar-refractivity contribution < 1.29 is 9.53 Å². The van der Waals surface area contributed by atoms with Gasteiger partial charge < -0.3 is 4.74 Å². The largest absolute Gasteiger partial charge is 0.447 e. The maximum atomic E-state index is 10.4. The van der Waals surface area contributed by atoms with Gasteiger partial charge in [0.2, 0.25) is 6.10 Å². The summed E-state index contributed by atoms with van der Waals surface area (Å²) in [5, 5.41) is 0. The minimum Gasteiger partial charge on any atom is -0.447 e. The zero-order valence-corrected chi connectivity index (χ0v) is 5.89. The van der Waals surface area contributed by atoms with Crippen molar-refractivity contribution in [2.45, 2.75) is 32.8 Å². The average molecular weight is 128 g/mol. The molecule has 0 N–H and O–H groups in total. The summed E-state index contributed by atoms with van der Waals surface area (Å²) in [5.41, 5.74) is 0. The number of hydrogen-bond donors (Lipinski definition) is 0. The van der Waals surface area contributed by atoms with Crippen molar-refractivity contribution in [1.29, 1.82) is 0 Å². The van der Waals surface area contributed by atoms with Crippen molar-refractivity contribution in [2.24, 2.45) is 5.92 Å². The van der Waals surface area contributed by atoms with Gasteiger partial charge >= 0.3 is 5.97 Å². The van der Waals surface area contributed by atoms with Crippen molar-refractivity contribution in [3.8, 4) is 0 Å². The Bertz CT molecular complexity index is 120. The lowest BCUT2D eigenvalue weighted by atomic mass is 10.0. The van der Waals surface area contributed by atoms with Crippen molar-refractivity contribution in [3.63, 3.8) is 0 Å². The Morgan fingerprint density at radius 2 is 2.33 bits per heavy atom. The number of carbonyl (C=O) groups excluding carboxylic acids is 1. The number of ether oxygens (including phenoxy) is 1. The van der Waals surface area contributed by atoms with E-state index in [-0.39, 0.29) is 12.1 Å². The fourth-order valence-corrected chi connectivity index (χ4v) is 1.05. The first-order chi connectivity index (χ1) is 4.25. The van der Waals surface area contributed by atoms with E-state index in [1.165, 1.54) is 0 Å². The number of cyclic esters (lactones) is 1. The third-order valence-corrected chi connectivity index (χ3v) is 1.68. The van der Waals surface area contributed by atoms with Crippen LogP contribution in [0.15, 0.2) is 0 Å². The molecule has 2 nitrogen and oxygen atoms in total. The summed E-state index contributed by atoms with van der Waals surface area (Å²) in [6, 6.07) is 0. The number of carbonyl (C=O) groups is 1.